The number of nitrogens with zero attached hydrogens (tertiary/aromatic N) is 1. The zero-order valence-corrected chi connectivity index (χ0v) is 14.5. The number of benzene rings is 2. The van der Waals surface area contributed by atoms with E-state index >= 15 is 0 Å². The maximum atomic E-state index is 12.6. The Balaban J connectivity index is 1.97. The van der Waals surface area contributed by atoms with E-state index in [1.165, 1.54) is 18.2 Å². The molecule has 0 fully saturated rings. The summed E-state index contributed by atoms with van der Waals surface area (Å²) < 4.78 is 5.29. The third-order valence-electron chi connectivity index (χ3n) is 4.11. The van der Waals surface area contributed by atoms with Crippen molar-refractivity contribution in [2.24, 2.45) is 0 Å². The molecule has 1 unspecified atom stereocenters. The second-order valence-electron chi connectivity index (χ2n) is 5.78. The summed E-state index contributed by atoms with van der Waals surface area (Å²) in [5.74, 6) is -1.44. The molecule has 0 aromatic heterocycles. The maximum absolute atomic E-state index is 12.6. The van der Waals surface area contributed by atoms with Gasteiger partial charge in [0.15, 0.2) is 0 Å². The SMILES string of the molecule is CCC(C)OC(=O)c1cc(N2C(=O)c3ccccc3C2=O)ccc1Cl. The molecular weight excluding hydrogens is 342 g/mol. The van der Waals surface area contributed by atoms with Crippen LogP contribution in [0.4, 0.5) is 5.69 Å². The standard InChI is InChI=1S/C19H16ClNO4/c1-3-11(2)25-19(24)15-10-12(8-9-16(15)20)21-17(22)13-6-4-5-7-14(13)18(21)23/h4-11H,3H2,1-2H3. The highest BCUT2D eigenvalue weighted by Crippen LogP contribution is 2.31. The minimum absolute atomic E-state index is 0.121. The molecule has 1 aliphatic heterocycles. The highest BCUT2D eigenvalue weighted by Gasteiger charge is 2.36. The number of carbonyl (C=O) groups excluding carboxylic acids is 3. The Morgan fingerprint density at radius 3 is 2.28 bits per heavy atom. The lowest BCUT2D eigenvalue weighted by atomic mass is 10.1. The van der Waals surface area contributed by atoms with Gasteiger partial charge < -0.3 is 4.74 Å². The van der Waals surface area contributed by atoms with Crippen molar-refractivity contribution in [3.8, 4) is 0 Å². The molecule has 0 saturated carbocycles. The van der Waals surface area contributed by atoms with Crippen molar-refractivity contribution < 1.29 is 19.1 Å². The van der Waals surface area contributed by atoms with Gasteiger partial charge in [-0.1, -0.05) is 30.7 Å². The van der Waals surface area contributed by atoms with Crippen molar-refractivity contribution in [2.75, 3.05) is 4.90 Å². The maximum Gasteiger partial charge on any atom is 0.339 e. The van der Waals surface area contributed by atoms with E-state index in [1.807, 2.05) is 6.92 Å². The number of carbonyl (C=O) groups is 3. The number of ether oxygens (including phenoxy) is 1. The van der Waals surface area contributed by atoms with E-state index in [2.05, 4.69) is 0 Å². The average Bonchev–Trinajstić information content (AvgIpc) is 2.87. The van der Waals surface area contributed by atoms with Gasteiger partial charge in [0.2, 0.25) is 0 Å². The molecule has 0 aliphatic carbocycles. The van der Waals surface area contributed by atoms with E-state index in [4.69, 9.17) is 16.3 Å². The van der Waals surface area contributed by atoms with E-state index in [1.54, 1.807) is 31.2 Å². The molecule has 0 saturated heterocycles. The number of esters is 1. The lowest BCUT2D eigenvalue weighted by Crippen LogP contribution is -2.29. The largest absolute Gasteiger partial charge is 0.459 e. The molecule has 1 atom stereocenters. The Bertz CT molecular complexity index is 842. The van der Waals surface area contributed by atoms with Crippen LogP contribution in [0.3, 0.4) is 0 Å². The molecular formula is C19H16ClNO4. The van der Waals surface area contributed by atoms with Crippen molar-refractivity contribution in [2.45, 2.75) is 26.4 Å². The highest BCUT2D eigenvalue weighted by molar-refractivity contribution is 6.36. The van der Waals surface area contributed by atoms with Crippen LogP contribution < -0.4 is 4.90 Å². The molecule has 0 spiro atoms. The predicted octanol–water partition coefficient (Wildman–Crippen LogP) is 4.10. The van der Waals surface area contributed by atoms with Crippen molar-refractivity contribution in [1.82, 2.24) is 0 Å². The third kappa shape index (κ3) is 3.03. The average molecular weight is 358 g/mol. The number of halogens is 1. The smallest absolute Gasteiger partial charge is 0.339 e. The molecule has 5 nitrogen and oxygen atoms in total. The fourth-order valence-corrected chi connectivity index (χ4v) is 2.76. The molecule has 0 radical (unpaired) electrons. The van der Waals surface area contributed by atoms with E-state index < -0.39 is 17.8 Å². The first-order valence-corrected chi connectivity index (χ1v) is 8.30. The highest BCUT2D eigenvalue weighted by atomic mass is 35.5. The van der Waals surface area contributed by atoms with Gasteiger partial charge in [-0.2, -0.15) is 0 Å². The Morgan fingerprint density at radius 2 is 1.72 bits per heavy atom. The second kappa shape index (κ2) is 6.69. The first-order valence-electron chi connectivity index (χ1n) is 7.92. The summed E-state index contributed by atoms with van der Waals surface area (Å²) in [5, 5.41) is 0.202. The van der Waals surface area contributed by atoms with Crippen LogP contribution in [0.15, 0.2) is 42.5 Å². The molecule has 2 aromatic carbocycles. The van der Waals surface area contributed by atoms with Gasteiger partial charge in [0.05, 0.1) is 33.5 Å². The van der Waals surface area contributed by atoms with E-state index in [-0.39, 0.29) is 22.4 Å². The fraction of sp³-hybridized carbons (Fsp3) is 0.211. The predicted molar refractivity (Wildman–Crippen MR) is 94.2 cm³/mol. The van der Waals surface area contributed by atoms with Crippen molar-refractivity contribution in [3.63, 3.8) is 0 Å². The zero-order valence-electron chi connectivity index (χ0n) is 13.8. The van der Waals surface area contributed by atoms with E-state index in [0.717, 1.165) is 4.90 Å². The second-order valence-corrected chi connectivity index (χ2v) is 6.19. The lowest BCUT2D eigenvalue weighted by molar-refractivity contribution is 0.0334. The van der Waals surface area contributed by atoms with Gasteiger partial charge >= 0.3 is 5.97 Å². The van der Waals surface area contributed by atoms with E-state index in [0.29, 0.717) is 17.5 Å². The number of anilines is 1. The van der Waals surface area contributed by atoms with Gasteiger partial charge in [0.1, 0.15) is 0 Å². The number of fused-ring (bicyclic) bond motifs is 1. The van der Waals surface area contributed by atoms with Crippen molar-refractivity contribution >= 4 is 35.1 Å². The monoisotopic (exact) mass is 357 g/mol. The molecule has 0 N–H and O–H groups in total. The Kier molecular flexibility index (Phi) is 4.59. The van der Waals surface area contributed by atoms with Gasteiger partial charge in [0, 0.05) is 0 Å². The van der Waals surface area contributed by atoms with Crippen LogP contribution in [-0.2, 0) is 4.74 Å². The van der Waals surface area contributed by atoms with Crippen LogP contribution in [0.2, 0.25) is 5.02 Å². The van der Waals surface area contributed by atoms with Gasteiger partial charge in [0.25, 0.3) is 11.8 Å². The third-order valence-corrected chi connectivity index (χ3v) is 4.43. The van der Waals surface area contributed by atoms with Crippen LogP contribution in [0.25, 0.3) is 0 Å². The molecule has 2 amide bonds. The van der Waals surface area contributed by atoms with E-state index in [9.17, 15) is 14.4 Å². The normalized spacial score (nSPS) is 14.4. The molecule has 2 aromatic rings. The Labute approximate surface area is 150 Å². The number of hydrogen-bond acceptors (Lipinski definition) is 4. The van der Waals surface area contributed by atoms with Crippen LogP contribution in [0.1, 0.15) is 51.3 Å². The minimum atomic E-state index is -0.585. The first-order chi connectivity index (χ1) is 11.9. The lowest BCUT2D eigenvalue weighted by Gasteiger charge is -2.16. The van der Waals surface area contributed by atoms with Crippen molar-refractivity contribution in [3.05, 3.63) is 64.2 Å². The molecule has 1 heterocycles. The number of hydrogen-bond donors (Lipinski definition) is 0. The number of imide groups is 1. The molecule has 128 valence electrons. The van der Waals surface area contributed by atoms with Gasteiger partial charge in [-0.25, -0.2) is 9.69 Å². The topological polar surface area (TPSA) is 63.7 Å². The fourth-order valence-electron chi connectivity index (χ4n) is 2.56. The summed E-state index contributed by atoms with van der Waals surface area (Å²) in [6.07, 6.45) is 0.410. The summed E-state index contributed by atoms with van der Waals surface area (Å²) in [6.45, 7) is 3.68. The van der Waals surface area contributed by atoms with Gasteiger partial charge in [-0.15, -0.1) is 0 Å². The summed E-state index contributed by atoms with van der Waals surface area (Å²) >= 11 is 6.10. The van der Waals surface area contributed by atoms with Crippen LogP contribution in [-0.4, -0.2) is 23.9 Å². The first kappa shape index (κ1) is 17.2. The van der Waals surface area contributed by atoms with Crippen LogP contribution in [0.5, 0.6) is 0 Å². The Hall–Kier alpha value is -2.66. The number of rotatable bonds is 4. The van der Waals surface area contributed by atoms with Crippen LogP contribution >= 0.6 is 11.6 Å². The zero-order chi connectivity index (χ0) is 18.1. The molecule has 1 aliphatic rings. The molecule has 25 heavy (non-hydrogen) atoms. The van der Waals surface area contributed by atoms with Gasteiger partial charge in [-0.3, -0.25) is 9.59 Å². The summed E-state index contributed by atoms with van der Waals surface area (Å²) in [6, 6.07) is 11.0. The van der Waals surface area contributed by atoms with Gasteiger partial charge in [-0.05, 0) is 43.7 Å². The molecule has 0 bridgehead atoms. The molecule has 3 rings (SSSR count). The summed E-state index contributed by atoms with van der Waals surface area (Å²) in [4.78, 5) is 38.4. The Morgan fingerprint density at radius 1 is 1.12 bits per heavy atom. The summed E-state index contributed by atoms with van der Waals surface area (Å²) in [7, 11) is 0. The summed E-state index contributed by atoms with van der Waals surface area (Å²) in [5.41, 5.74) is 1.08. The van der Waals surface area contributed by atoms with Crippen molar-refractivity contribution in [1.29, 1.82) is 0 Å². The molecule has 6 heteroatoms. The minimum Gasteiger partial charge on any atom is -0.459 e. The number of amides is 2. The quantitative estimate of drug-likeness (QED) is 0.610. The van der Waals surface area contributed by atoms with Crippen LogP contribution in [0, 0.1) is 0 Å².